The lowest BCUT2D eigenvalue weighted by atomic mass is 10.1. The summed E-state index contributed by atoms with van der Waals surface area (Å²) in [6.45, 7) is 0.505. The van der Waals surface area contributed by atoms with Gasteiger partial charge in [-0.1, -0.05) is 6.07 Å². The minimum absolute atomic E-state index is 0.0601. The first-order valence-corrected chi connectivity index (χ1v) is 8.65. The molecule has 6 nitrogen and oxygen atoms in total. The smallest absolute Gasteiger partial charge is 0.243 e. The number of methoxy groups -OCH3 is 2. The number of carbonyl (C=O) groups excluding carboxylic acids is 2. The van der Waals surface area contributed by atoms with Crippen molar-refractivity contribution in [3.8, 4) is 11.5 Å². The lowest BCUT2D eigenvalue weighted by Gasteiger charge is -2.15. The highest BCUT2D eigenvalue weighted by Crippen LogP contribution is 2.27. The topological polar surface area (TPSA) is 76.7 Å². The molecule has 2 amide bonds. The molecule has 0 aromatic heterocycles. The molecule has 0 aliphatic carbocycles. The zero-order valence-corrected chi connectivity index (χ0v) is 14.2. The molecular formula is C16H22N2O4S. The fourth-order valence-corrected chi connectivity index (χ4v) is 3.27. The quantitative estimate of drug-likeness (QED) is 0.809. The van der Waals surface area contributed by atoms with Crippen molar-refractivity contribution in [3.63, 3.8) is 0 Å². The molecule has 1 heterocycles. The number of hydrogen-bond acceptors (Lipinski definition) is 5. The monoisotopic (exact) mass is 338 g/mol. The summed E-state index contributed by atoms with van der Waals surface area (Å²) >= 11 is 1.62. The normalized spacial score (nSPS) is 17.8. The molecule has 2 rings (SSSR count). The fourth-order valence-electron chi connectivity index (χ4n) is 2.30. The summed E-state index contributed by atoms with van der Waals surface area (Å²) in [5, 5.41) is 5.63. The highest BCUT2D eigenvalue weighted by Gasteiger charge is 2.22. The van der Waals surface area contributed by atoms with Gasteiger partial charge in [0, 0.05) is 24.5 Å². The summed E-state index contributed by atoms with van der Waals surface area (Å²) in [5.74, 6) is 2.54. The highest BCUT2D eigenvalue weighted by atomic mass is 32.2. The maximum Gasteiger partial charge on any atom is 0.243 e. The largest absolute Gasteiger partial charge is 0.493 e. The molecule has 1 fully saturated rings. The number of hydrogen-bond donors (Lipinski definition) is 2. The number of nitrogens with one attached hydrogen (secondary N) is 2. The van der Waals surface area contributed by atoms with Crippen LogP contribution in [0.5, 0.6) is 11.5 Å². The van der Waals surface area contributed by atoms with Crippen molar-refractivity contribution >= 4 is 23.6 Å². The van der Waals surface area contributed by atoms with E-state index < -0.39 is 6.04 Å². The van der Waals surface area contributed by atoms with Gasteiger partial charge in [0.15, 0.2) is 11.5 Å². The van der Waals surface area contributed by atoms with Crippen LogP contribution in [0.2, 0.25) is 0 Å². The van der Waals surface area contributed by atoms with E-state index >= 15 is 0 Å². The second-order valence-electron chi connectivity index (χ2n) is 5.18. The van der Waals surface area contributed by atoms with E-state index in [0.29, 0.717) is 36.6 Å². The summed E-state index contributed by atoms with van der Waals surface area (Å²) in [4.78, 5) is 23.6. The van der Waals surface area contributed by atoms with Crippen LogP contribution < -0.4 is 20.1 Å². The van der Waals surface area contributed by atoms with Gasteiger partial charge in [-0.25, -0.2) is 0 Å². The van der Waals surface area contributed by atoms with Gasteiger partial charge in [0.2, 0.25) is 11.8 Å². The van der Waals surface area contributed by atoms with Crippen LogP contribution in [0.25, 0.3) is 0 Å². The maximum absolute atomic E-state index is 12.1. The van der Waals surface area contributed by atoms with Crippen molar-refractivity contribution in [2.45, 2.75) is 18.9 Å². The standard InChI is InChI=1S/C16H22N2O4S/c1-21-13-4-3-11(9-14(13)22-2)5-7-17-16(20)12-10-23-8-6-15(19)18-12/h3-4,9,12H,5-8,10H2,1-2H3,(H,17,20)(H,18,19)/t12-/m1/s1. The molecule has 0 bridgehead atoms. The average molecular weight is 338 g/mol. The summed E-state index contributed by atoms with van der Waals surface area (Å²) < 4.78 is 10.5. The summed E-state index contributed by atoms with van der Waals surface area (Å²) in [5.41, 5.74) is 1.04. The van der Waals surface area contributed by atoms with Crippen LogP contribution >= 0.6 is 11.8 Å². The van der Waals surface area contributed by atoms with Gasteiger partial charge in [-0.05, 0) is 24.1 Å². The molecule has 1 aromatic rings. The van der Waals surface area contributed by atoms with Gasteiger partial charge in [-0.3, -0.25) is 9.59 Å². The van der Waals surface area contributed by atoms with E-state index in [-0.39, 0.29) is 11.8 Å². The van der Waals surface area contributed by atoms with Gasteiger partial charge in [0.05, 0.1) is 14.2 Å². The Kier molecular flexibility index (Phi) is 6.58. The molecule has 1 atom stereocenters. The minimum Gasteiger partial charge on any atom is -0.493 e. The highest BCUT2D eigenvalue weighted by molar-refractivity contribution is 7.99. The number of benzene rings is 1. The van der Waals surface area contributed by atoms with E-state index in [2.05, 4.69) is 10.6 Å². The molecule has 126 valence electrons. The molecule has 0 spiro atoms. The third-order valence-corrected chi connectivity index (χ3v) is 4.63. The van der Waals surface area contributed by atoms with Crippen molar-refractivity contribution in [2.24, 2.45) is 0 Å². The lowest BCUT2D eigenvalue weighted by molar-refractivity contribution is -0.128. The van der Waals surface area contributed by atoms with Gasteiger partial charge in [-0.15, -0.1) is 0 Å². The first-order chi connectivity index (χ1) is 11.1. The van der Waals surface area contributed by atoms with Crippen molar-refractivity contribution in [1.82, 2.24) is 10.6 Å². The maximum atomic E-state index is 12.1. The molecule has 7 heteroatoms. The van der Waals surface area contributed by atoms with E-state index in [1.807, 2.05) is 18.2 Å². The van der Waals surface area contributed by atoms with Crippen molar-refractivity contribution in [1.29, 1.82) is 0 Å². The van der Waals surface area contributed by atoms with E-state index in [4.69, 9.17) is 9.47 Å². The number of ether oxygens (including phenoxy) is 2. The Morgan fingerprint density at radius 1 is 1.35 bits per heavy atom. The second-order valence-corrected chi connectivity index (χ2v) is 6.33. The molecule has 1 aliphatic rings. The van der Waals surface area contributed by atoms with Crippen LogP contribution in [0.3, 0.4) is 0 Å². The predicted octanol–water partition coefficient (Wildman–Crippen LogP) is 0.984. The predicted molar refractivity (Wildman–Crippen MR) is 90.1 cm³/mol. The van der Waals surface area contributed by atoms with Gasteiger partial charge < -0.3 is 20.1 Å². The molecule has 0 radical (unpaired) electrons. The molecule has 0 saturated carbocycles. The first kappa shape index (κ1) is 17.5. The molecule has 23 heavy (non-hydrogen) atoms. The molecule has 1 saturated heterocycles. The van der Waals surface area contributed by atoms with Crippen LogP contribution in [0.4, 0.5) is 0 Å². The minimum atomic E-state index is -0.444. The third-order valence-electron chi connectivity index (χ3n) is 3.57. The number of amides is 2. The van der Waals surface area contributed by atoms with Gasteiger partial charge >= 0.3 is 0 Å². The van der Waals surface area contributed by atoms with Gasteiger partial charge in [-0.2, -0.15) is 11.8 Å². The van der Waals surface area contributed by atoms with Crippen LogP contribution in [-0.2, 0) is 16.0 Å². The lowest BCUT2D eigenvalue weighted by Crippen LogP contribution is -2.47. The molecule has 0 unspecified atom stereocenters. The molecule has 2 N–H and O–H groups in total. The number of carbonyl (C=O) groups is 2. The summed E-state index contributed by atoms with van der Waals surface area (Å²) in [7, 11) is 3.19. The Balaban J connectivity index is 1.84. The zero-order valence-electron chi connectivity index (χ0n) is 13.4. The van der Waals surface area contributed by atoms with Crippen LogP contribution in [0.1, 0.15) is 12.0 Å². The van der Waals surface area contributed by atoms with Crippen LogP contribution in [0, 0.1) is 0 Å². The molecule has 1 aliphatic heterocycles. The second kappa shape index (κ2) is 8.67. The van der Waals surface area contributed by atoms with E-state index in [9.17, 15) is 9.59 Å². The van der Waals surface area contributed by atoms with Crippen LogP contribution in [0.15, 0.2) is 18.2 Å². The first-order valence-electron chi connectivity index (χ1n) is 7.49. The number of rotatable bonds is 6. The van der Waals surface area contributed by atoms with E-state index in [1.54, 1.807) is 26.0 Å². The van der Waals surface area contributed by atoms with Gasteiger partial charge in [0.1, 0.15) is 6.04 Å². The van der Waals surface area contributed by atoms with E-state index in [0.717, 1.165) is 11.3 Å². The average Bonchev–Trinajstić information content (AvgIpc) is 2.79. The van der Waals surface area contributed by atoms with Crippen molar-refractivity contribution in [3.05, 3.63) is 23.8 Å². The van der Waals surface area contributed by atoms with Crippen molar-refractivity contribution < 1.29 is 19.1 Å². The summed E-state index contributed by atoms with van der Waals surface area (Å²) in [6.07, 6.45) is 1.15. The Hall–Kier alpha value is -1.89. The number of thioether (sulfide) groups is 1. The Labute approximate surface area is 140 Å². The Bertz CT molecular complexity index is 565. The Morgan fingerprint density at radius 3 is 2.87 bits per heavy atom. The van der Waals surface area contributed by atoms with Crippen LogP contribution in [-0.4, -0.2) is 50.1 Å². The van der Waals surface area contributed by atoms with E-state index in [1.165, 1.54) is 0 Å². The third kappa shape index (κ3) is 5.06. The van der Waals surface area contributed by atoms with Gasteiger partial charge in [0.25, 0.3) is 0 Å². The molecule has 1 aromatic carbocycles. The van der Waals surface area contributed by atoms with Crippen molar-refractivity contribution in [2.75, 3.05) is 32.3 Å². The molecular weight excluding hydrogens is 316 g/mol. The fraction of sp³-hybridized carbons (Fsp3) is 0.500. The Morgan fingerprint density at radius 2 is 2.13 bits per heavy atom. The zero-order chi connectivity index (χ0) is 16.7. The summed E-state index contributed by atoms with van der Waals surface area (Å²) in [6, 6.07) is 5.24. The SMILES string of the molecule is COc1ccc(CCNC(=O)[C@H]2CSCCC(=O)N2)cc1OC.